The second-order valence-electron chi connectivity index (χ2n) is 6.62. The lowest BCUT2D eigenvalue weighted by molar-refractivity contribution is -0.116. The SMILES string of the molecule is CN(C)C(=O)Sc1ccc(NC(=O)CCC(=O)c2ccc3c(c2)OCCO3)cc1. The van der Waals surface area contributed by atoms with Crippen molar-refractivity contribution in [3.05, 3.63) is 48.0 Å². The molecule has 1 aliphatic heterocycles. The maximum absolute atomic E-state index is 12.4. The first-order valence-electron chi connectivity index (χ1n) is 9.14. The van der Waals surface area contributed by atoms with Gasteiger partial charge >= 0.3 is 0 Å². The van der Waals surface area contributed by atoms with Gasteiger partial charge in [-0.05, 0) is 54.2 Å². The molecular formula is C21H22N2O5S. The minimum Gasteiger partial charge on any atom is -0.486 e. The van der Waals surface area contributed by atoms with E-state index >= 15 is 0 Å². The molecule has 1 aliphatic rings. The van der Waals surface area contributed by atoms with E-state index in [4.69, 9.17) is 9.47 Å². The molecule has 1 N–H and O–H groups in total. The van der Waals surface area contributed by atoms with E-state index in [0.717, 1.165) is 16.7 Å². The molecule has 0 bridgehead atoms. The molecular weight excluding hydrogens is 392 g/mol. The number of hydrogen-bond acceptors (Lipinski definition) is 6. The molecule has 7 nitrogen and oxygen atoms in total. The van der Waals surface area contributed by atoms with Gasteiger partial charge in [-0.3, -0.25) is 14.4 Å². The van der Waals surface area contributed by atoms with Crippen molar-refractivity contribution in [1.29, 1.82) is 0 Å². The summed E-state index contributed by atoms with van der Waals surface area (Å²) >= 11 is 1.11. The molecule has 0 spiro atoms. The fraction of sp³-hybridized carbons (Fsp3) is 0.286. The molecule has 0 saturated heterocycles. The van der Waals surface area contributed by atoms with Gasteiger partial charge in [-0.2, -0.15) is 0 Å². The highest BCUT2D eigenvalue weighted by atomic mass is 32.2. The highest BCUT2D eigenvalue weighted by Crippen LogP contribution is 2.31. The number of carbonyl (C=O) groups is 3. The maximum atomic E-state index is 12.4. The number of fused-ring (bicyclic) bond motifs is 1. The Kier molecular flexibility index (Phi) is 6.77. The predicted octanol–water partition coefficient (Wildman–Crippen LogP) is 3.83. The van der Waals surface area contributed by atoms with E-state index in [1.807, 2.05) is 0 Å². The molecule has 2 aromatic carbocycles. The molecule has 0 saturated carbocycles. The van der Waals surface area contributed by atoms with Crippen LogP contribution in [0.25, 0.3) is 0 Å². The monoisotopic (exact) mass is 414 g/mol. The quantitative estimate of drug-likeness (QED) is 0.571. The van der Waals surface area contributed by atoms with Gasteiger partial charge in [-0.15, -0.1) is 0 Å². The first-order chi connectivity index (χ1) is 13.9. The van der Waals surface area contributed by atoms with E-state index in [0.29, 0.717) is 36.0 Å². The van der Waals surface area contributed by atoms with E-state index < -0.39 is 0 Å². The third-order valence-electron chi connectivity index (χ3n) is 4.15. The topological polar surface area (TPSA) is 84.9 Å². The Morgan fingerprint density at radius 3 is 2.34 bits per heavy atom. The van der Waals surface area contributed by atoms with Crippen LogP contribution in [0.1, 0.15) is 23.2 Å². The van der Waals surface area contributed by atoms with Gasteiger partial charge in [0.25, 0.3) is 5.24 Å². The highest BCUT2D eigenvalue weighted by Gasteiger charge is 2.16. The van der Waals surface area contributed by atoms with Crippen molar-refractivity contribution in [1.82, 2.24) is 4.90 Å². The minimum atomic E-state index is -0.249. The molecule has 3 rings (SSSR count). The summed E-state index contributed by atoms with van der Waals surface area (Å²) in [6, 6.07) is 12.0. The Balaban J connectivity index is 1.49. The lowest BCUT2D eigenvalue weighted by Crippen LogP contribution is -2.16. The van der Waals surface area contributed by atoms with Gasteiger partial charge < -0.3 is 19.7 Å². The van der Waals surface area contributed by atoms with Crippen molar-refractivity contribution in [3.8, 4) is 11.5 Å². The Morgan fingerprint density at radius 1 is 0.966 bits per heavy atom. The molecule has 29 heavy (non-hydrogen) atoms. The van der Waals surface area contributed by atoms with Gasteiger partial charge in [0.2, 0.25) is 5.91 Å². The van der Waals surface area contributed by atoms with E-state index in [1.165, 1.54) is 4.90 Å². The summed E-state index contributed by atoms with van der Waals surface area (Å²) in [6.07, 6.45) is 0.166. The minimum absolute atomic E-state index is 0.0700. The second-order valence-corrected chi connectivity index (χ2v) is 7.64. The number of nitrogens with zero attached hydrogens (tertiary/aromatic N) is 1. The molecule has 8 heteroatoms. The number of ether oxygens (including phenoxy) is 2. The third-order valence-corrected chi connectivity index (χ3v) is 5.20. The number of rotatable bonds is 6. The summed E-state index contributed by atoms with van der Waals surface area (Å²) in [4.78, 5) is 38.5. The van der Waals surface area contributed by atoms with Crippen LogP contribution in [0.3, 0.4) is 0 Å². The molecule has 2 aromatic rings. The van der Waals surface area contributed by atoms with E-state index in [2.05, 4.69) is 5.32 Å². The van der Waals surface area contributed by atoms with Crippen molar-refractivity contribution in [2.75, 3.05) is 32.6 Å². The number of nitrogens with one attached hydrogen (secondary N) is 1. The first kappa shape index (κ1) is 20.7. The lowest BCUT2D eigenvalue weighted by Gasteiger charge is -2.18. The van der Waals surface area contributed by atoms with Gasteiger partial charge in [0.05, 0.1) is 0 Å². The van der Waals surface area contributed by atoms with Gasteiger partial charge in [-0.25, -0.2) is 0 Å². The van der Waals surface area contributed by atoms with Crippen LogP contribution in [-0.2, 0) is 4.79 Å². The molecule has 1 heterocycles. The van der Waals surface area contributed by atoms with Crippen LogP contribution in [0, 0.1) is 0 Å². The number of amides is 2. The summed E-state index contributed by atoms with van der Waals surface area (Å²) < 4.78 is 10.9. The summed E-state index contributed by atoms with van der Waals surface area (Å²) in [6.45, 7) is 0.944. The summed E-state index contributed by atoms with van der Waals surface area (Å²) in [7, 11) is 3.38. The molecule has 152 valence electrons. The second kappa shape index (κ2) is 9.47. The van der Waals surface area contributed by atoms with Crippen LogP contribution in [0.4, 0.5) is 10.5 Å². The zero-order valence-corrected chi connectivity index (χ0v) is 17.1. The fourth-order valence-corrected chi connectivity index (χ4v) is 3.27. The first-order valence-corrected chi connectivity index (χ1v) is 9.96. The Labute approximate surface area is 173 Å². The average molecular weight is 414 g/mol. The molecule has 0 radical (unpaired) electrons. The van der Waals surface area contributed by atoms with Crippen LogP contribution in [-0.4, -0.2) is 49.1 Å². The van der Waals surface area contributed by atoms with Crippen LogP contribution >= 0.6 is 11.8 Å². The number of Topliss-reactive ketones (excluding diaryl/α,β-unsaturated/α-hetero) is 1. The highest BCUT2D eigenvalue weighted by molar-refractivity contribution is 8.13. The fourth-order valence-electron chi connectivity index (χ4n) is 2.61. The molecule has 0 unspecified atom stereocenters. The van der Waals surface area contributed by atoms with Crippen LogP contribution in [0.15, 0.2) is 47.4 Å². The molecule has 0 aromatic heterocycles. The van der Waals surface area contributed by atoms with Crippen molar-refractivity contribution >= 4 is 34.4 Å². The zero-order chi connectivity index (χ0) is 20.8. The number of carbonyl (C=O) groups excluding carboxylic acids is 3. The molecule has 0 fully saturated rings. The van der Waals surface area contributed by atoms with Crippen LogP contribution < -0.4 is 14.8 Å². The molecule has 2 amide bonds. The predicted molar refractivity (Wildman–Crippen MR) is 111 cm³/mol. The van der Waals surface area contributed by atoms with Crippen molar-refractivity contribution < 1.29 is 23.9 Å². The Bertz CT molecular complexity index is 912. The number of ketones is 1. The number of benzene rings is 2. The smallest absolute Gasteiger partial charge is 0.285 e. The summed E-state index contributed by atoms with van der Waals surface area (Å²) in [5.74, 6) is 0.795. The Morgan fingerprint density at radius 2 is 1.66 bits per heavy atom. The standard InChI is InChI=1S/C21H22N2O5S/c1-23(2)21(26)29-16-6-4-15(5-7-16)22-20(25)10-8-17(24)14-3-9-18-19(13-14)28-12-11-27-18/h3-7,9,13H,8,10-12H2,1-2H3,(H,22,25). The van der Waals surface area contributed by atoms with Gasteiger partial charge in [-0.1, -0.05) is 0 Å². The lowest BCUT2D eigenvalue weighted by atomic mass is 10.1. The van der Waals surface area contributed by atoms with Gasteiger partial charge in [0.1, 0.15) is 13.2 Å². The van der Waals surface area contributed by atoms with Gasteiger partial charge in [0.15, 0.2) is 17.3 Å². The summed E-state index contributed by atoms with van der Waals surface area (Å²) in [5, 5.41) is 2.69. The Hall–Kier alpha value is -3.00. The van der Waals surface area contributed by atoms with Crippen molar-refractivity contribution in [2.24, 2.45) is 0 Å². The number of thioether (sulfide) groups is 1. The van der Waals surface area contributed by atoms with E-state index in [1.54, 1.807) is 56.6 Å². The normalized spacial score (nSPS) is 12.2. The van der Waals surface area contributed by atoms with Crippen LogP contribution in [0.5, 0.6) is 11.5 Å². The zero-order valence-electron chi connectivity index (χ0n) is 16.3. The molecule has 0 atom stereocenters. The maximum Gasteiger partial charge on any atom is 0.285 e. The van der Waals surface area contributed by atoms with E-state index in [9.17, 15) is 14.4 Å². The average Bonchev–Trinajstić information content (AvgIpc) is 2.73. The summed E-state index contributed by atoms with van der Waals surface area (Å²) in [5.41, 5.74) is 1.11. The third kappa shape index (κ3) is 5.74. The number of hydrogen-bond donors (Lipinski definition) is 1. The van der Waals surface area contributed by atoms with Crippen molar-refractivity contribution in [2.45, 2.75) is 17.7 Å². The van der Waals surface area contributed by atoms with Crippen LogP contribution in [0.2, 0.25) is 0 Å². The van der Waals surface area contributed by atoms with Gasteiger partial charge in [0, 0.05) is 43.1 Å². The molecule has 0 aliphatic carbocycles. The number of anilines is 1. The van der Waals surface area contributed by atoms with E-state index in [-0.39, 0.29) is 29.8 Å². The van der Waals surface area contributed by atoms with Crippen molar-refractivity contribution in [3.63, 3.8) is 0 Å². The largest absolute Gasteiger partial charge is 0.486 e.